The van der Waals surface area contributed by atoms with E-state index >= 15 is 0 Å². The number of amides is 1. The van der Waals surface area contributed by atoms with E-state index in [2.05, 4.69) is 22.8 Å². The first-order valence-electron chi connectivity index (χ1n) is 9.07. The minimum Gasteiger partial charge on any atom is -0.352 e. The summed E-state index contributed by atoms with van der Waals surface area (Å²) in [5.41, 5.74) is 6.79. The Balaban J connectivity index is 1.85. The van der Waals surface area contributed by atoms with Crippen LogP contribution in [0.1, 0.15) is 56.9 Å². The third-order valence-electron chi connectivity index (χ3n) is 4.61. The molecule has 1 atom stereocenters. The van der Waals surface area contributed by atoms with Crippen LogP contribution in [0.25, 0.3) is 0 Å². The van der Waals surface area contributed by atoms with Crippen LogP contribution in [0.2, 0.25) is 0 Å². The van der Waals surface area contributed by atoms with E-state index < -0.39 is 0 Å². The molecule has 128 valence electrons. The maximum Gasteiger partial charge on any atom is 0.237 e. The lowest BCUT2D eigenvalue weighted by Gasteiger charge is -2.26. The molecule has 4 heteroatoms. The van der Waals surface area contributed by atoms with Crippen molar-refractivity contribution in [2.75, 3.05) is 6.54 Å². The molecule has 0 aromatic heterocycles. The summed E-state index contributed by atoms with van der Waals surface area (Å²) >= 11 is 0. The molecular weight excluding hydrogens is 286 g/mol. The van der Waals surface area contributed by atoms with E-state index in [0.717, 1.165) is 38.6 Å². The number of unbranched alkanes of at least 4 members (excludes halogenated alkanes) is 1. The highest BCUT2D eigenvalue weighted by Gasteiger charge is 2.22. The number of benzene rings is 1. The smallest absolute Gasteiger partial charge is 0.237 e. The minimum atomic E-state index is -0.122. The molecule has 1 unspecified atom stereocenters. The molecule has 0 heterocycles. The van der Waals surface area contributed by atoms with Gasteiger partial charge >= 0.3 is 0 Å². The van der Waals surface area contributed by atoms with E-state index in [1.165, 1.54) is 24.8 Å². The standard InChI is InChI=1S/C19H31N3O/c20-14-8-7-13-18(21-15-16-9-3-1-4-10-16)19(23)22-17-11-5-2-6-12-17/h1,3-4,9-10,17-18,21H,2,5-8,11-15,20H2,(H,22,23). The number of carbonyl (C=O) groups is 1. The normalized spacial score (nSPS) is 16.9. The Morgan fingerprint density at radius 1 is 1.13 bits per heavy atom. The number of rotatable bonds is 9. The molecule has 1 aromatic carbocycles. The van der Waals surface area contributed by atoms with Crippen LogP contribution in [-0.4, -0.2) is 24.5 Å². The van der Waals surface area contributed by atoms with Crippen LogP contribution in [0.3, 0.4) is 0 Å². The summed E-state index contributed by atoms with van der Waals surface area (Å²) < 4.78 is 0. The Bertz CT molecular complexity index is 443. The highest BCUT2D eigenvalue weighted by Crippen LogP contribution is 2.17. The SMILES string of the molecule is NCCCCC(NCc1ccccc1)C(=O)NC1CCCCC1. The first-order chi connectivity index (χ1) is 11.3. The topological polar surface area (TPSA) is 67.1 Å². The molecule has 1 fully saturated rings. The van der Waals surface area contributed by atoms with Crippen molar-refractivity contribution in [3.63, 3.8) is 0 Å². The summed E-state index contributed by atoms with van der Waals surface area (Å²) in [5, 5.41) is 6.68. The molecule has 0 saturated heterocycles. The highest BCUT2D eigenvalue weighted by atomic mass is 16.2. The second-order valence-corrected chi connectivity index (χ2v) is 6.55. The Hall–Kier alpha value is -1.39. The Labute approximate surface area is 140 Å². The summed E-state index contributed by atoms with van der Waals surface area (Å²) in [6.07, 6.45) is 8.84. The van der Waals surface area contributed by atoms with Crippen LogP contribution in [0.15, 0.2) is 30.3 Å². The van der Waals surface area contributed by atoms with Crippen LogP contribution in [0, 0.1) is 0 Å². The lowest BCUT2D eigenvalue weighted by molar-refractivity contribution is -0.124. The Morgan fingerprint density at radius 2 is 1.87 bits per heavy atom. The quantitative estimate of drug-likeness (QED) is 0.614. The van der Waals surface area contributed by atoms with Crippen molar-refractivity contribution in [1.82, 2.24) is 10.6 Å². The van der Waals surface area contributed by atoms with Crippen molar-refractivity contribution in [3.05, 3.63) is 35.9 Å². The molecule has 4 N–H and O–H groups in total. The van der Waals surface area contributed by atoms with Gasteiger partial charge in [0, 0.05) is 12.6 Å². The zero-order valence-electron chi connectivity index (χ0n) is 14.1. The van der Waals surface area contributed by atoms with Gasteiger partial charge in [-0.15, -0.1) is 0 Å². The molecule has 0 radical (unpaired) electrons. The maximum atomic E-state index is 12.6. The van der Waals surface area contributed by atoms with Crippen LogP contribution < -0.4 is 16.4 Å². The molecule has 4 nitrogen and oxygen atoms in total. The fourth-order valence-electron chi connectivity index (χ4n) is 3.20. The van der Waals surface area contributed by atoms with Gasteiger partial charge in [-0.1, -0.05) is 56.0 Å². The van der Waals surface area contributed by atoms with Gasteiger partial charge in [0.1, 0.15) is 0 Å². The lowest BCUT2D eigenvalue weighted by Crippen LogP contribution is -2.48. The number of hydrogen-bond acceptors (Lipinski definition) is 3. The molecule has 1 saturated carbocycles. The molecule has 0 aliphatic heterocycles. The van der Waals surface area contributed by atoms with Gasteiger partial charge in [0.15, 0.2) is 0 Å². The van der Waals surface area contributed by atoms with Crippen molar-refractivity contribution in [1.29, 1.82) is 0 Å². The van der Waals surface area contributed by atoms with Crippen LogP contribution in [0.5, 0.6) is 0 Å². The summed E-state index contributed by atoms with van der Waals surface area (Å²) in [5.74, 6) is 0.157. The van der Waals surface area contributed by atoms with Crippen molar-refractivity contribution in [2.24, 2.45) is 5.73 Å². The number of carbonyl (C=O) groups excluding carboxylic acids is 1. The van der Waals surface area contributed by atoms with Gasteiger partial charge in [0.2, 0.25) is 5.91 Å². The molecule has 0 bridgehead atoms. The van der Waals surface area contributed by atoms with Crippen molar-refractivity contribution < 1.29 is 4.79 Å². The van der Waals surface area contributed by atoms with E-state index in [0.29, 0.717) is 12.6 Å². The fraction of sp³-hybridized carbons (Fsp3) is 0.632. The Kier molecular flexibility index (Phi) is 8.12. The molecule has 1 amide bonds. The van der Waals surface area contributed by atoms with E-state index in [4.69, 9.17) is 5.73 Å². The largest absolute Gasteiger partial charge is 0.352 e. The molecule has 0 spiro atoms. The van der Waals surface area contributed by atoms with Crippen LogP contribution in [-0.2, 0) is 11.3 Å². The fourth-order valence-corrected chi connectivity index (χ4v) is 3.20. The average Bonchev–Trinajstić information content (AvgIpc) is 2.59. The lowest BCUT2D eigenvalue weighted by atomic mass is 9.95. The van der Waals surface area contributed by atoms with E-state index in [1.807, 2.05) is 18.2 Å². The zero-order chi connectivity index (χ0) is 16.3. The van der Waals surface area contributed by atoms with Gasteiger partial charge in [-0.05, 0) is 37.8 Å². The monoisotopic (exact) mass is 317 g/mol. The van der Waals surface area contributed by atoms with Crippen molar-refractivity contribution in [3.8, 4) is 0 Å². The van der Waals surface area contributed by atoms with E-state index in [-0.39, 0.29) is 11.9 Å². The van der Waals surface area contributed by atoms with Gasteiger partial charge in [0.25, 0.3) is 0 Å². The summed E-state index contributed by atoms with van der Waals surface area (Å²) in [7, 11) is 0. The first-order valence-corrected chi connectivity index (χ1v) is 9.07. The number of nitrogens with two attached hydrogens (primary N) is 1. The predicted molar refractivity (Wildman–Crippen MR) is 95.0 cm³/mol. The summed E-state index contributed by atoms with van der Waals surface area (Å²) in [6, 6.07) is 10.5. The van der Waals surface area contributed by atoms with Gasteiger partial charge in [-0.3, -0.25) is 4.79 Å². The van der Waals surface area contributed by atoms with E-state index in [1.54, 1.807) is 0 Å². The summed E-state index contributed by atoms with van der Waals surface area (Å²) in [4.78, 5) is 12.6. The average molecular weight is 317 g/mol. The molecule has 2 rings (SSSR count). The van der Waals surface area contributed by atoms with Crippen molar-refractivity contribution in [2.45, 2.75) is 70.0 Å². The number of nitrogens with one attached hydrogen (secondary N) is 2. The number of hydrogen-bond donors (Lipinski definition) is 3. The highest BCUT2D eigenvalue weighted by molar-refractivity contribution is 5.82. The minimum absolute atomic E-state index is 0.122. The van der Waals surface area contributed by atoms with Gasteiger partial charge in [0.05, 0.1) is 6.04 Å². The third kappa shape index (κ3) is 6.71. The summed E-state index contributed by atoms with van der Waals surface area (Å²) in [6.45, 7) is 1.42. The van der Waals surface area contributed by atoms with Gasteiger partial charge < -0.3 is 16.4 Å². The van der Waals surface area contributed by atoms with Crippen LogP contribution >= 0.6 is 0 Å². The molecule has 1 aliphatic carbocycles. The zero-order valence-corrected chi connectivity index (χ0v) is 14.1. The maximum absolute atomic E-state index is 12.6. The molecule has 23 heavy (non-hydrogen) atoms. The van der Waals surface area contributed by atoms with Crippen molar-refractivity contribution >= 4 is 5.91 Å². The van der Waals surface area contributed by atoms with Gasteiger partial charge in [-0.25, -0.2) is 0 Å². The molecule has 1 aliphatic rings. The Morgan fingerprint density at radius 3 is 2.57 bits per heavy atom. The predicted octanol–water partition coefficient (Wildman–Crippen LogP) is 2.72. The molecule has 1 aromatic rings. The van der Waals surface area contributed by atoms with Gasteiger partial charge in [-0.2, -0.15) is 0 Å². The third-order valence-corrected chi connectivity index (χ3v) is 4.61. The second-order valence-electron chi connectivity index (χ2n) is 6.55. The molecular formula is C19H31N3O. The van der Waals surface area contributed by atoms with E-state index in [9.17, 15) is 4.79 Å². The van der Waals surface area contributed by atoms with Crippen LogP contribution in [0.4, 0.5) is 0 Å². The first kappa shape index (κ1) is 18.0. The second kappa shape index (κ2) is 10.4.